The molecule has 116 valence electrons. The average molecular weight is 297 g/mol. The predicted molar refractivity (Wildman–Crippen MR) is 91.7 cm³/mol. The van der Waals surface area contributed by atoms with Crippen LogP contribution in [0.3, 0.4) is 0 Å². The molecule has 0 unspecified atom stereocenters. The van der Waals surface area contributed by atoms with E-state index in [1.807, 2.05) is 38.1 Å². The van der Waals surface area contributed by atoms with Crippen molar-refractivity contribution < 1.29 is 4.79 Å². The van der Waals surface area contributed by atoms with Crippen molar-refractivity contribution in [2.75, 3.05) is 23.3 Å². The Kier molecular flexibility index (Phi) is 5.15. The van der Waals surface area contributed by atoms with Crippen molar-refractivity contribution >= 4 is 17.3 Å². The van der Waals surface area contributed by atoms with Crippen molar-refractivity contribution in [3.63, 3.8) is 0 Å². The quantitative estimate of drug-likeness (QED) is 0.913. The third-order valence-electron chi connectivity index (χ3n) is 3.83. The Hall–Kier alpha value is -2.36. The first-order chi connectivity index (χ1) is 10.6. The molecule has 4 nitrogen and oxygen atoms in total. The number of carbonyl (C=O) groups is 1. The van der Waals surface area contributed by atoms with Crippen molar-refractivity contribution in [3.05, 3.63) is 53.3 Å². The van der Waals surface area contributed by atoms with Crippen LogP contribution >= 0.6 is 0 Å². The second kappa shape index (κ2) is 7.07. The summed E-state index contributed by atoms with van der Waals surface area (Å²) in [6.07, 6.45) is 1.76. The Balaban J connectivity index is 2.17. The minimum atomic E-state index is -0.177. The molecule has 1 amide bonds. The van der Waals surface area contributed by atoms with Gasteiger partial charge in [-0.15, -0.1) is 0 Å². The smallest absolute Gasteiger partial charge is 0.274 e. The fourth-order valence-electron chi connectivity index (χ4n) is 2.49. The first kappa shape index (κ1) is 16.0. The number of aryl methyl sites for hydroxylation is 2. The van der Waals surface area contributed by atoms with E-state index < -0.39 is 0 Å². The molecule has 0 fully saturated rings. The number of nitrogens with zero attached hydrogens (tertiary/aromatic N) is 2. The van der Waals surface area contributed by atoms with Gasteiger partial charge in [0.05, 0.1) is 11.9 Å². The minimum absolute atomic E-state index is 0.177. The van der Waals surface area contributed by atoms with Crippen LogP contribution in [0.15, 0.2) is 36.5 Å². The number of nitrogens with one attached hydrogen (secondary N) is 1. The molecule has 0 aliphatic heterocycles. The SMILES string of the molecule is CCN(CC)c1ccc(C(=O)Nc2c(C)cccc2C)nc1. The van der Waals surface area contributed by atoms with E-state index in [1.54, 1.807) is 12.3 Å². The molecule has 1 aromatic heterocycles. The molecule has 2 aromatic rings. The van der Waals surface area contributed by atoms with Crippen LogP contribution < -0.4 is 10.2 Å². The molecule has 0 atom stereocenters. The fraction of sp³-hybridized carbons (Fsp3) is 0.333. The summed E-state index contributed by atoms with van der Waals surface area (Å²) in [6.45, 7) is 10.0. The summed E-state index contributed by atoms with van der Waals surface area (Å²) in [7, 11) is 0. The maximum absolute atomic E-state index is 12.4. The normalized spacial score (nSPS) is 10.4. The van der Waals surface area contributed by atoms with E-state index in [9.17, 15) is 4.79 Å². The molecule has 1 heterocycles. The van der Waals surface area contributed by atoms with Crippen LogP contribution in [0.5, 0.6) is 0 Å². The molecule has 0 aliphatic carbocycles. The summed E-state index contributed by atoms with van der Waals surface area (Å²) in [6, 6.07) is 9.67. The number of hydrogen-bond acceptors (Lipinski definition) is 3. The van der Waals surface area contributed by atoms with Crippen LogP contribution in [0.25, 0.3) is 0 Å². The molecule has 4 heteroatoms. The minimum Gasteiger partial charge on any atom is -0.371 e. The van der Waals surface area contributed by atoms with Crippen LogP contribution in [-0.2, 0) is 0 Å². The van der Waals surface area contributed by atoms with E-state index in [-0.39, 0.29) is 5.91 Å². The first-order valence-corrected chi connectivity index (χ1v) is 7.65. The molecule has 2 rings (SSSR count). The van der Waals surface area contributed by atoms with Crippen molar-refractivity contribution in [1.82, 2.24) is 4.98 Å². The molecule has 0 saturated carbocycles. The number of pyridine rings is 1. The van der Waals surface area contributed by atoms with Gasteiger partial charge in [-0.2, -0.15) is 0 Å². The zero-order chi connectivity index (χ0) is 16.1. The lowest BCUT2D eigenvalue weighted by atomic mass is 10.1. The summed E-state index contributed by atoms with van der Waals surface area (Å²) in [5.74, 6) is -0.177. The maximum Gasteiger partial charge on any atom is 0.274 e. The van der Waals surface area contributed by atoms with Crippen molar-refractivity contribution in [2.24, 2.45) is 0 Å². The highest BCUT2D eigenvalue weighted by Gasteiger charge is 2.11. The highest BCUT2D eigenvalue weighted by molar-refractivity contribution is 6.03. The Morgan fingerprint density at radius 2 is 1.73 bits per heavy atom. The topological polar surface area (TPSA) is 45.2 Å². The molecule has 0 radical (unpaired) electrons. The molecule has 0 spiro atoms. The van der Waals surface area contributed by atoms with Gasteiger partial charge in [-0.1, -0.05) is 18.2 Å². The fourth-order valence-corrected chi connectivity index (χ4v) is 2.49. The molecular formula is C18H23N3O. The summed E-state index contributed by atoms with van der Waals surface area (Å²) in [5, 5.41) is 2.96. The summed E-state index contributed by atoms with van der Waals surface area (Å²) in [4.78, 5) is 18.8. The van der Waals surface area contributed by atoms with Crippen LogP contribution in [0.1, 0.15) is 35.5 Å². The highest BCUT2D eigenvalue weighted by atomic mass is 16.1. The van der Waals surface area contributed by atoms with Gasteiger partial charge in [-0.25, -0.2) is 4.98 Å². The average Bonchev–Trinajstić information content (AvgIpc) is 2.53. The number of amides is 1. The van der Waals surface area contributed by atoms with Crippen molar-refractivity contribution in [3.8, 4) is 0 Å². The second-order valence-corrected chi connectivity index (χ2v) is 5.29. The summed E-state index contributed by atoms with van der Waals surface area (Å²) in [5.41, 5.74) is 4.43. The third kappa shape index (κ3) is 3.45. The van der Waals surface area contributed by atoms with Crippen LogP contribution in [-0.4, -0.2) is 24.0 Å². The van der Waals surface area contributed by atoms with Gasteiger partial charge < -0.3 is 10.2 Å². The Morgan fingerprint density at radius 3 is 2.23 bits per heavy atom. The lowest BCUT2D eigenvalue weighted by Gasteiger charge is -2.20. The van der Waals surface area contributed by atoms with Gasteiger partial charge in [-0.05, 0) is 51.0 Å². The van der Waals surface area contributed by atoms with Crippen LogP contribution in [0, 0.1) is 13.8 Å². The number of benzene rings is 1. The van der Waals surface area contributed by atoms with E-state index in [0.29, 0.717) is 5.69 Å². The molecule has 0 saturated heterocycles. The molecule has 22 heavy (non-hydrogen) atoms. The Morgan fingerprint density at radius 1 is 1.09 bits per heavy atom. The number of hydrogen-bond donors (Lipinski definition) is 1. The number of aromatic nitrogens is 1. The lowest BCUT2D eigenvalue weighted by molar-refractivity contribution is 0.102. The number of carbonyl (C=O) groups excluding carboxylic acids is 1. The van der Waals surface area contributed by atoms with Gasteiger partial charge in [-0.3, -0.25) is 4.79 Å². The predicted octanol–water partition coefficient (Wildman–Crippen LogP) is 3.80. The van der Waals surface area contributed by atoms with E-state index in [2.05, 4.69) is 29.0 Å². The van der Waals surface area contributed by atoms with E-state index in [1.165, 1.54) is 0 Å². The number of anilines is 2. The van der Waals surface area contributed by atoms with Crippen molar-refractivity contribution in [1.29, 1.82) is 0 Å². The van der Waals surface area contributed by atoms with Crippen molar-refractivity contribution in [2.45, 2.75) is 27.7 Å². The lowest BCUT2D eigenvalue weighted by Crippen LogP contribution is -2.22. The van der Waals surface area contributed by atoms with Gasteiger partial charge in [0.2, 0.25) is 0 Å². The molecule has 0 aliphatic rings. The van der Waals surface area contributed by atoms with Gasteiger partial charge in [0, 0.05) is 18.8 Å². The second-order valence-electron chi connectivity index (χ2n) is 5.29. The van der Waals surface area contributed by atoms with E-state index in [4.69, 9.17) is 0 Å². The summed E-state index contributed by atoms with van der Waals surface area (Å²) >= 11 is 0. The van der Waals surface area contributed by atoms with E-state index >= 15 is 0 Å². The maximum atomic E-state index is 12.4. The highest BCUT2D eigenvalue weighted by Crippen LogP contribution is 2.20. The Labute approximate surface area is 132 Å². The zero-order valence-electron chi connectivity index (χ0n) is 13.7. The zero-order valence-corrected chi connectivity index (χ0v) is 13.7. The number of rotatable bonds is 5. The molecular weight excluding hydrogens is 274 g/mol. The number of para-hydroxylation sites is 1. The van der Waals surface area contributed by atoms with Gasteiger partial charge in [0.1, 0.15) is 5.69 Å². The molecule has 0 bridgehead atoms. The molecule has 1 aromatic carbocycles. The van der Waals surface area contributed by atoms with Gasteiger partial charge >= 0.3 is 0 Å². The monoisotopic (exact) mass is 297 g/mol. The molecule has 1 N–H and O–H groups in total. The standard InChI is InChI=1S/C18H23N3O/c1-5-21(6-2)15-10-11-16(19-12-15)18(22)20-17-13(3)8-7-9-14(17)4/h7-12H,5-6H2,1-4H3,(H,20,22). The Bertz CT molecular complexity index is 626. The summed E-state index contributed by atoms with van der Waals surface area (Å²) < 4.78 is 0. The largest absolute Gasteiger partial charge is 0.371 e. The van der Waals surface area contributed by atoms with E-state index in [0.717, 1.165) is 35.6 Å². The van der Waals surface area contributed by atoms with Gasteiger partial charge in [0.15, 0.2) is 0 Å². The van der Waals surface area contributed by atoms with Gasteiger partial charge in [0.25, 0.3) is 5.91 Å². The van der Waals surface area contributed by atoms with Crippen LogP contribution in [0.2, 0.25) is 0 Å². The third-order valence-corrected chi connectivity index (χ3v) is 3.83. The first-order valence-electron chi connectivity index (χ1n) is 7.65. The van der Waals surface area contributed by atoms with Crippen LogP contribution in [0.4, 0.5) is 11.4 Å².